The van der Waals surface area contributed by atoms with Gasteiger partial charge in [0.15, 0.2) is 11.5 Å². The molecular formula is C9H11N2O5-. The summed E-state index contributed by atoms with van der Waals surface area (Å²) < 4.78 is 9.94. The van der Waals surface area contributed by atoms with Crippen LogP contribution in [0.25, 0.3) is 5.90 Å². The number of rotatable bonds is 5. The quantitative estimate of drug-likeness (QED) is 0.567. The van der Waals surface area contributed by atoms with Crippen LogP contribution in [0.1, 0.15) is 5.56 Å². The molecule has 0 saturated carbocycles. The van der Waals surface area contributed by atoms with Crippen LogP contribution < -0.4 is 9.47 Å². The molecule has 0 atom stereocenters. The maximum Gasteiger partial charge on any atom is 0.278 e. The number of nitro groups is 1. The van der Waals surface area contributed by atoms with Crippen LogP contribution >= 0.6 is 0 Å². The molecule has 7 nitrogen and oxygen atoms in total. The number of nitro benzene ring substituents is 1. The zero-order valence-electron chi connectivity index (χ0n) is 8.85. The second-order valence-electron chi connectivity index (χ2n) is 2.88. The predicted octanol–water partition coefficient (Wildman–Crippen LogP) is 2.10. The van der Waals surface area contributed by atoms with E-state index in [1.165, 1.54) is 26.4 Å². The van der Waals surface area contributed by atoms with Crippen LogP contribution in [-0.4, -0.2) is 19.1 Å². The Morgan fingerprint density at radius 1 is 1.31 bits per heavy atom. The lowest BCUT2D eigenvalue weighted by Gasteiger charge is -2.11. The Hall–Kier alpha value is -1.86. The molecule has 0 amide bonds. The van der Waals surface area contributed by atoms with E-state index >= 15 is 0 Å². The van der Waals surface area contributed by atoms with Gasteiger partial charge in [-0.15, -0.1) is 0 Å². The molecular weight excluding hydrogens is 216 g/mol. The molecule has 0 aliphatic rings. The molecule has 0 radical (unpaired) electrons. The van der Waals surface area contributed by atoms with Crippen molar-refractivity contribution in [1.82, 2.24) is 0 Å². The van der Waals surface area contributed by atoms with Gasteiger partial charge in [-0.25, -0.2) is 0 Å². The lowest BCUT2D eigenvalue weighted by atomic mass is 10.1. The first-order valence-corrected chi connectivity index (χ1v) is 4.31. The third kappa shape index (κ3) is 2.38. The smallest absolute Gasteiger partial charge is 0.278 e. The fourth-order valence-corrected chi connectivity index (χ4v) is 1.27. The zero-order valence-corrected chi connectivity index (χ0v) is 8.85. The molecule has 0 spiro atoms. The number of hydrogen-bond acceptors (Lipinski definition) is 5. The molecule has 0 heterocycles. The lowest BCUT2D eigenvalue weighted by molar-refractivity contribution is -0.385. The van der Waals surface area contributed by atoms with Crippen LogP contribution in [0.5, 0.6) is 11.5 Å². The molecule has 1 aromatic carbocycles. The van der Waals surface area contributed by atoms with Crippen LogP contribution in [0, 0.1) is 10.1 Å². The fourth-order valence-electron chi connectivity index (χ4n) is 1.27. The van der Waals surface area contributed by atoms with E-state index in [1.807, 2.05) is 0 Å². The largest absolute Gasteiger partial charge is 0.549 e. The number of nitrogens with zero attached hydrogens (tertiary/aromatic N) is 1. The van der Waals surface area contributed by atoms with Crippen LogP contribution in [0.2, 0.25) is 0 Å². The molecule has 1 N–H and O–H groups in total. The van der Waals surface area contributed by atoms with Crippen molar-refractivity contribution in [3.63, 3.8) is 0 Å². The summed E-state index contributed by atoms with van der Waals surface area (Å²) in [5, 5.41) is 10.8. The first-order chi connectivity index (χ1) is 7.63. The Kier molecular flexibility index (Phi) is 4.03. The maximum atomic E-state index is 10.8. The number of nitrogens with one attached hydrogen (secondary N) is 1. The molecule has 0 fully saturated rings. The molecule has 0 aromatic heterocycles. The zero-order chi connectivity index (χ0) is 12.1. The summed E-state index contributed by atoms with van der Waals surface area (Å²) in [7, 11) is 2.82. The summed E-state index contributed by atoms with van der Waals surface area (Å²) in [4.78, 5) is 14.3. The van der Waals surface area contributed by atoms with Gasteiger partial charge in [-0.2, -0.15) is 0 Å². The van der Waals surface area contributed by atoms with Crippen molar-refractivity contribution in [1.29, 1.82) is 0 Å². The van der Waals surface area contributed by atoms with Gasteiger partial charge in [0, 0.05) is 0 Å². The van der Waals surface area contributed by atoms with Crippen molar-refractivity contribution in [2.24, 2.45) is 0 Å². The molecule has 16 heavy (non-hydrogen) atoms. The molecule has 0 bridgehead atoms. The van der Waals surface area contributed by atoms with Gasteiger partial charge in [0.2, 0.25) is 0 Å². The highest BCUT2D eigenvalue weighted by Crippen LogP contribution is 2.34. The first-order valence-electron chi connectivity index (χ1n) is 4.31. The minimum atomic E-state index is -0.559. The third-order valence-electron chi connectivity index (χ3n) is 2.01. The van der Waals surface area contributed by atoms with Gasteiger partial charge in [0.05, 0.1) is 37.4 Å². The summed E-state index contributed by atoms with van der Waals surface area (Å²) in [6.45, 7) is -0.184. The highest BCUT2D eigenvalue weighted by atomic mass is 16.6. The van der Waals surface area contributed by atoms with E-state index < -0.39 is 4.92 Å². The predicted molar refractivity (Wildman–Crippen MR) is 55.3 cm³/mol. The van der Waals surface area contributed by atoms with Gasteiger partial charge < -0.3 is 20.2 Å². The standard InChI is InChI=1S/C9H11N2O5/c1-14-8-3-6(5-16-10)7(11(12)13)4-9(8)15-2/h3-4,10H,5H2,1-2H3/q-1. The van der Waals surface area contributed by atoms with E-state index in [2.05, 4.69) is 4.84 Å². The molecule has 0 aliphatic carbocycles. The Labute approximate surface area is 91.8 Å². The van der Waals surface area contributed by atoms with Crippen molar-refractivity contribution < 1.29 is 19.2 Å². The van der Waals surface area contributed by atoms with E-state index in [-0.39, 0.29) is 23.6 Å². The Bertz CT molecular complexity index is 394. The molecule has 88 valence electrons. The number of hydrogen-bond donors (Lipinski definition) is 0. The van der Waals surface area contributed by atoms with Crippen molar-refractivity contribution >= 4 is 5.69 Å². The highest BCUT2D eigenvalue weighted by molar-refractivity contribution is 5.54. The average molecular weight is 227 g/mol. The summed E-state index contributed by atoms with van der Waals surface area (Å²) >= 11 is 0. The summed E-state index contributed by atoms with van der Waals surface area (Å²) in [5.41, 5.74) is 0.0996. The average Bonchev–Trinajstić information content (AvgIpc) is 2.28. The SMILES string of the molecule is COc1cc(CO[NH-])c([N+](=O)[O-])cc1OC. The summed E-state index contributed by atoms with van der Waals surface area (Å²) in [6, 6.07) is 2.67. The van der Waals surface area contributed by atoms with E-state index in [9.17, 15) is 10.1 Å². The van der Waals surface area contributed by atoms with Gasteiger partial charge in [-0.05, 0) is 6.07 Å². The maximum absolute atomic E-state index is 10.8. The monoisotopic (exact) mass is 227 g/mol. The van der Waals surface area contributed by atoms with Crippen LogP contribution in [0.15, 0.2) is 12.1 Å². The van der Waals surface area contributed by atoms with Crippen LogP contribution in [-0.2, 0) is 11.4 Å². The van der Waals surface area contributed by atoms with Gasteiger partial charge in [-0.1, -0.05) is 0 Å². The van der Waals surface area contributed by atoms with Crippen LogP contribution in [0.4, 0.5) is 5.69 Å². The van der Waals surface area contributed by atoms with Gasteiger partial charge in [0.25, 0.3) is 5.69 Å². The van der Waals surface area contributed by atoms with E-state index in [1.54, 1.807) is 0 Å². The molecule has 1 aromatic rings. The minimum Gasteiger partial charge on any atom is -0.549 e. The van der Waals surface area contributed by atoms with E-state index in [0.29, 0.717) is 5.75 Å². The number of ether oxygens (including phenoxy) is 2. The first kappa shape index (κ1) is 12.2. The second kappa shape index (κ2) is 5.29. The van der Waals surface area contributed by atoms with Crippen LogP contribution in [0.3, 0.4) is 0 Å². The highest BCUT2D eigenvalue weighted by Gasteiger charge is 2.18. The normalized spacial score (nSPS) is 9.94. The van der Waals surface area contributed by atoms with Gasteiger partial charge in [-0.3, -0.25) is 10.1 Å². The third-order valence-corrected chi connectivity index (χ3v) is 2.01. The summed E-state index contributed by atoms with van der Waals surface area (Å²) in [5.74, 6) is 7.24. The molecule has 1 rings (SSSR count). The van der Waals surface area contributed by atoms with Crippen molar-refractivity contribution in [2.75, 3.05) is 14.2 Å². The second-order valence-corrected chi connectivity index (χ2v) is 2.88. The van der Waals surface area contributed by atoms with E-state index in [0.717, 1.165) is 0 Å². The molecule has 0 aliphatic heterocycles. The fraction of sp³-hybridized carbons (Fsp3) is 0.333. The van der Waals surface area contributed by atoms with Gasteiger partial charge >= 0.3 is 0 Å². The Balaban J connectivity index is 3.29. The number of benzene rings is 1. The van der Waals surface area contributed by atoms with Crippen molar-refractivity contribution in [3.8, 4) is 11.5 Å². The minimum absolute atomic E-state index is 0.162. The molecule has 0 unspecified atom stereocenters. The summed E-state index contributed by atoms with van der Waals surface area (Å²) in [6.07, 6.45) is 0. The van der Waals surface area contributed by atoms with E-state index in [4.69, 9.17) is 15.4 Å². The molecule has 7 heteroatoms. The lowest BCUT2D eigenvalue weighted by Crippen LogP contribution is -1.99. The van der Waals surface area contributed by atoms with Crippen molar-refractivity contribution in [2.45, 2.75) is 6.61 Å². The Morgan fingerprint density at radius 2 is 1.88 bits per heavy atom. The molecule has 0 saturated heterocycles. The Morgan fingerprint density at radius 3 is 2.31 bits per heavy atom. The number of methoxy groups -OCH3 is 2. The van der Waals surface area contributed by atoms with Crippen molar-refractivity contribution in [3.05, 3.63) is 33.7 Å². The topological polar surface area (TPSA) is 94.6 Å². The van der Waals surface area contributed by atoms with Gasteiger partial charge in [0.1, 0.15) is 0 Å².